The average molecular weight is 362 g/mol. The highest BCUT2D eigenvalue weighted by Gasteiger charge is 2.19. The van der Waals surface area contributed by atoms with Gasteiger partial charge in [0.15, 0.2) is 0 Å². The Morgan fingerprint density at radius 3 is 2.32 bits per heavy atom. The van der Waals surface area contributed by atoms with E-state index in [-0.39, 0.29) is 0 Å². The molecule has 0 saturated carbocycles. The van der Waals surface area contributed by atoms with Crippen LogP contribution in [0.2, 0.25) is 0 Å². The molecular weight excluding hydrogens is 342 g/mol. The summed E-state index contributed by atoms with van der Waals surface area (Å²) < 4.78 is 1.03. The van der Waals surface area contributed by atoms with Crippen LogP contribution >= 0.6 is 15.9 Å². The van der Waals surface area contributed by atoms with E-state index in [1.807, 2.05) is 32.3 Å². The topological polar surface area (TPSA) is 45.2 Å². The highest BCUT2D eigenvalue weighted by molar-refractivity contribution is 9.10. The van der Waals surface area contributed by atoms with Crippen molar-refractivity contribution >= 4 is 21.9 Å². The number of aromatic nitrogens is 3. The number of hydrogen-bond acceptors (Lipinski definition) is 5. The van der Waals surface area contributed by atoms with Crippen LogP contribution in [0, 0.1) is 13.8 Å². The normalized spacial score (nSPS) is 16.0. The molecule has 0 aliphatic carbocycles. The summed E-state index contributed by atoms with van der Waals surface area (Å²) in [5.41, 5.74) is 3.31. The first-order valence-electron chi connectivity index (χ1n) is 7.49. The molecule has 116 valence electrons. The van der Waals surface area contributed by atoms with E-state index in [2.05, 4.69) is 46.7 Å². The zero-order chi connectivity index (χ0) is 15.5. The lowest BCUT2D eigenvalue weighted by atomic mass is 10.2. The Morgan fingerprint density at radius 1 is 1.00 bits per heavy atom. The quantitative estimate of drug-likeness (QED) is 0.840. The minimum atomic E-state index is 0.862. The molecular formula is C16H20BrN5. The maximum absolute atomic E-state index is 4.56. The molecule has 0 atom stereocenters. The Bertz CT molecular complexity index is 632. The number of aryl methyl sites for hydroxylation is 2. The summed E-state index contributed by atoms with van der Waals surface area (Å²) in [6.45, 7) is 8.94. The Hall–Kier alpha value is -1.53. The van der Waals surface area contributed by atoms with Gasteiger partial charge >= 0.3 is 0 Å². The minimum absolute atomic E-state index is 0.862. The minimum Gasteiger partial charge on any atom is -0.338 e. The first kappa shape index (κ1) is 15.4. The van der Waals surface area contributed by atoms with Crippen LogP contribution < -0.4 is 4.90 Å². The molecule has 0 bridgehead atoms. The van der Waals surface area contributed by atoms with Gasteiger partial charge in [0, 0.05) is 61.0 Å². The van der Waals surface area contributed by atoms with Gasteiger partial charge in [-0.25, -0.2) is 9.97 Å². The van der Waals surface area contributed by atoms with Crippen LogP contribution in [0.1, 0.15) is 17.0 Å². The van der Waals surface area contributed by atoms with E-state index >= 15 is 0 Å². The maximum Gasteiger partial charge on any atom is 0.225 e. The molecule has 2 aromatic rings. The highest BCUT2D eigenvalue weighted by Crippen LogP contribution is 2.16. The molecule has 1 saturated heterocycles. The van der Waals surface area contributed by atoms with Crippen LogP contribution in [-0.2, 0) is 6.54 Å². The van der Waals surface area contributed by atoms with Gasteiger partial charge in [0.2, 0.25) is 5.95 Å². The smallest absolute Gasteiger partial charge is 0.225 e. The Labute approximate surface area is 139 Å². The number of halogens is 1. The lowest BCUT2D eigenvalue weighted by molar-refractivity contribution is 0.248. The van der Waals surface area contributed by atoms with Gasteiger partial charge in [-0.3, -0.25) is 9.88 Å². The number of pyridine rings is 1. The molecule has 1 fully saturated rings. The molecule has 0 spiro atoms. The molecule has 22 heavy (non-hydrogen) atoms. The fraction of sp³-hybridized carbons (Fsp3) is 0.438. The third-order valence-electron chi connectivity index (χ3n) is 3.79. The van der Waals surface area contributed by atoms with E-state index in [4.69, 9.17) is 0 Å². The lowest BCUT2D eigenvalue weighted by Crippen LogP contribution is -2.46. The molecule has 0 aromatic carbocycles. The monoisotopic (exact) mass is 361 g/mol. The largest absolute Gasteiger partial charge is 0.338 e. The van der Waals surface area contributed by atoms with E-state index in [0.29, 0.717) is 0 Å². The van der Waals surface area contributed by atoms with Gasteiger partial charge in [-0.15, -0.1) is 0 Å². The summed E-state index contributed by atoms with van der Waals surface area (Å²) in [4.78, 5) is 18.1. The first-order valence-corrected chi connectivity index (χ1v) is 8.28. The molecule has 5 nitrogen and oxygen atoms in total. The summed E-state index contributed by atoms with van der Waals surface area (Å²) in [5.74, 6) is 0.862. The molecule has 6 heteroatoms. The maximum atomic E-state index is 4.56. The first-order chi connectivity index (χ1) is 10.6. The van der Waals surface area contributed by atoms with Crippen LogP contribution in [0.5, 0.6) is 0 Å². The van der Waals surface area contributed by atoms with Crippen molar-refractivity contribution in [2.45, 2.75) is 20.4 Å². The van der Waals surface area contributed by atoms with Gasteiger partial charge in [0.1, 0.15) is 0 Å². The zero-order valence-corrected chi connectivity index (χ0v) is 14.5. The van der Waals surface area contributed by atoms with Crippen LogP contribution in [0.15, 0.2) is 29.0 Å². The number of rotatable bonds is 3. The highest BCUT2D eigenvalue weighted by atomic mass is 79.9. The van der Waals surface area contributed by atoms with E-state index < -0.39 is 0 Å². The van der Waals surface area contributed by atoms with E-state index in [1.54, 1.807) is 0 Å². The molecule has 0 radical (unpaired) electrons. The summed E-state index contributed by atoms with van der Waals surface area (Å²) >= 11 is 3.47. The zero-order valence-electron chi connectivity index (χ0n) is 13.0. The van der Waals surface area contributed by atoms with Crippen LogP contribution in [0.3, 0.4) is 0 Å². The van der Waals surface area contributed by atoms with Gasteiger partial charge in [0.25, 0.3) is 0 Å². The summed E-state index contributed by atoms with van der Waals surface area (Å²) in [6.07, 6.45) is 3.75. The van der Waals surface area contributed by atoms with Gasteiger partial charge in [-0.2, -0.15) is 0 Å². The fourth-order valence-electron chi connectivity index (χ4n) is 2.76. The molecule has 0 N–H and O–H groups in total. The lowest BCUT2D eigenvalue weighted by Gasteiger charge is -2.34. The summed E-state index contributed by atoms with van der Waals surface area (Å²) in [7, 11) is 0. The number of hydrogen-bond donors (Lipinski definition) is 0. The molecule has 0 unspecified atom stereocenters. The van der Waals surface area contributed by atoms with Crippen molar-refractivity contribution in [3.05, 3.63) is 46.0 Å². The van der Waals surface area contributed by atoms with E-state index in [1.165, 1.54) is 5.56 Å². The van der Waals surface area contributed by atoms with Crippen molar-refractivity contribution in [3.63, 3.8) is 0 Å². The van der Waals surface area contributed by atoms with Crippen molar-refractivity contribution in [1.82, 2.24) is 19.9 Å². The molecule has 1 aliphatic rings. The van der Waals surface area contributed by atoms with Crippen molar-refractivity contribution in [1.29, 1.82) is 0 Å². The number of nitrogens with zero attached hydrogens (tertiary/aromatic N) is 5. The predicted octanol–water partition coefficient (Wildman–Crippen LogP) is 2.57. The summed E-state index contributed by atoms with van der Waals surface area (Å²) in [5, 5.41) is 0. The van der Waals surface area contributed by atoms with Crippen LogP contribution in [-0.4, -0.2) is 46.0 Å². The Morgan fingerprint density at radius 2 is 1.68 bits per heavy atom. The second kappa shape index (κ2) is 6.71. The Balaban J connectivity index is 1.60. The van der Waals surface area contributed by atoms with Crippen molar-refractivity contribution in [2.75, 3.05) is 31.1 Å². The van der Waals surface area contributed by atoms with Crippen LogP contribution in [0.25, 0.3) is 0 Å². The SMILES string of the molecule is Cc1cc(C)nc(N2CCN(Cc3cncc(Br)c3)CC2)n1. The molecule has 2 aromatic heterocycles. The predicted molar refractivity (Wildman–Crippen MR) is 90.9 cm³/mol. The number of piperazine rings is 1. The molecule has 1 aliphatic heterocycles. The van der Waals surface area contributed by atoms with Gasteiger partial charge in [-0.1, -0.05) is 0 Å². The van der Waals surface area contributed by atoms with Crippen molar-refractivity contribution in [2.24, 2.45) is 0 Å². The van der Waals surface area contributed by atoms with Gasteiger partial charge in [0.05, 0.1) is 0 Å². The summed E-state index contributed by atoms with van der Waals surface area (Å²) in [6, 6.07) is 4.15. The fourth-order valence-corrected chi connectivity index (χ4v) is 3.17. The third kappa shape index (κ3) is 3.81. The van der Waals surface area contributed by atoms with E-state index in [9.17, 15) is 0 Å². The van der Waals surface area contributed by atoms with Crippen LogP contribution in [0.4, 0.5) is 5.95 Å². The molecule has 3 heterocycles. The van der Waals surface area contributed by atoms with Crippen molar-refractivity contribution < 1.29 is 0 Å². The molecule has 3 rings (SSSR count). The molecule has 0 amide bonds. The van der Waals surface area contributed by atoms with Gasteiger partial charge < -0.3 is 4.90 Å². The standard InChI is InChI=1S/C16H20BrN5/c1-12-7-13(2)20-16(19-12)22-5-3-21(4-6-22)11-14-8-15(17)10-18-9-14/h7-10H,3-6,11H2,1-2H3. The number of anilines is 1. The van der Waals surface area contributed by atoms with E-state index in [0.717, 1.165) is 54.5 Å². The van der Waals surface area contributed by atoms with Gasteiger partial charge in [-0.05, 0) is 47.5 Å². The average Bonchev–Trinajstić information content (AvgIpc) is 2.47. The second-order valence-corrected chi connectivity index (χ2v) is 6.64. The third-order valence-corrected chi connectivity index (χ3v) is 4.23. The van der Waals surface area contributed by atoms with Crippen molar-refractivity contribution in [3.8, 4) is 0 Å². The Kier molecular flexibility index (Phi) is 4.69. The second-order valence-electron chi connectivity index (χ2n) is 5.73.